The molecule has 1 saturated carbocycles. The normalized spacial score (nSPS) is 23.3. The van der Waals surface area contributed by atoms with Crippen molar-refractivity contribution < 1.29 is 18.7 Å². The van der Waals surface area contributed by atoms with Crippen molar-refractivity contribution in [3.8, 4) is 0 Å². The van der Waals surface area contributed by atoms with Crippen molar-refractivity contribution in [1.82, 2.24) is 0 Å². The van der Waals surface area contributed by atoms with Crippen molar-refractivity contribution in [1.29, 1.82) is 0 Å². The molecule has 1 heterocycles. The number of unbranched alkanes of at least 4 members (excludes halogenated alkanes) is 1. The summed E-state index contributed by atoms with van der Waals surface area (Å²) in [5.41, 5.74) is 1.55. The highest BCUT2D eigenvalue weighted by atomic mass is 28.4. The lowest BCUT2D eigenvalue weighted by molar-refractivity contribution is -0.140. The fourth-order valence-corrected chi connectivity index (χ4v) is 12.5. The second kappa shape index (κ2) is 14.4. The Bertz CT molecular complexity index is 1310. The Kier molecular flexibility index (Phi) is 10.6. The van der Waals surface area contributed by atoms with E-state index in [0.717, 1.165) is 45.1 Å². The number of benzene rings is 3. The smallest absolute Gasteiger partial charge is 0.305 e. The summed E-state index contributed by atoms with van der Waals surface area (Å²) in [6, 6.07) is 32.8. The van der Waals surface area contributed by atoms with Gasteiger partial charge < -0.3 is 13.9 Å². The molecule has 3 aromatic carbocycles. The SMILES string of the molecule is COC(=O)CCCC=CC[C@@H]1[C@@H](CO[Si](c2ccccc2)(c2ccccc2)C(C)(C)C)[C@H]2C[C@]1(CCc1ccccc1)CO2. The van der Waals surface area contributed by atoms with Gasteiger partial charge in [-0.2, -0.15) is 0 Å². The zero-order valence-corrected chi connectivity index (χ0v) is 28.0. The number of allylic oxidation sites excluding steroid dienone is 2. The van der Waals surface area contributed by atoms with E-state index in [-0.39, 0.29) is 22.5 Å². The molecule has 0 amide bonds. The molecule has 44 heavy (non-hydrogen) atoms. The summed E-state index contributed by atoms with van der Waals surface area (Å²) in [4.78, 5) is 11.6. The molecular weight excluding hydrogens is 561 g/mol. The van der Waals surface area contributed by atoms with Crippen LogP contribution in [-0.2, 0) is 25.1 Å². The molecule has 1 aliphatic carbocycles. The van der Waals surface area contributed by atoms with Crippen LogP contribution in [-0.4, -0.2) is 40.7 Å². The third-order valence-electron chi connectivity index (χ3n) is 10.2. The number of fused-ring (bicyclic) bond motifs is 2. The summed E-state index contributed by atoms with van der Waals surface area (Å²) in [6.45, 7) is 8.60. The molecule has 2 fully saturated rings. The van der Waals surface area contributed by atoms with Crippen LogP contribution in [0.1, 0.15) is 64.9 Å². The largest absolute Gasteiger partial charge is 0.469 e. The summed E-state index contributed by atoms with van der Waals surface area (Å²) < 4.78 is 18.9. The molecule has 1 aliphatic heterocycles. The number of hydrogen-bond donors (Lipinski definition) is 0. The molecule has 5 heteroatoms. The van der Waals surface area contributed by atoms with E-state index in [0.29, 0.717) is 24.9 Å². The molecular formula is C39H50O4Si. The summed E-state index contributed by atoms with van der Waals surface area (Å²) in [6.07, 6.45) is 11.3. The first-order valence-corrected chi connectivity index (χ1v) is 18.3. The van der Waals surface area contributed by atoms with Crippen molar-refractivity contribution in [2.45, 2.75) is 76.9 Å². The average molecular weight is 611 g/mol. The highest BCUT2D eigenvalue weighted by Crippen LogP contribution is 2.58. The predicted octanol–water partition coefficient (Wildman–Crippen LogP) is 7.51. The van der Waals surface area contributed by atoms with Gasteiger partial charge in [0.25, 0.3) is 8.32 Å². The van der Waals surface area contributed by atoms with Gasteiger partial charge in [0, 0.05) is 24.4 Å². The maximum Gasteiger partial charge on any atom is 0.305 e. The van der Waals surface area contributed by atoms with Crippen LogP contribution in [0.15, 0.2) is 103 Å². The molecule has 2 aliphatic rings. The Morgan fingerprint density at radius 2 is 1.55 bits per heavy atom. The topological polar surface area (TPSA) is 44.8 Å². The minimum Gasteiger partial charge on any atom is -0.469 e. The van der Waals surface area contributed by atoms with Crippen LogP contribution in [0, 0.1) is 17.3 Å². The first kappa shape index (κ1) is 32.4. The van der Waals surface area contributed by atoms with Crippen molar-refractivity contribution in [3.05, 3.63) is 109 Å². The number of methoxy groups -OCH3 is 1. The second-order valence-electron chi connectivity index (χ2n) is 13.8. The summed E-state index contributed by atoms with van der Waals surface area (Å²) in [5.74, 6) is 0.685. The Morgan fingerprint density at radius 1 is 0.932 bits per heavy atom. The fraction of sp³-hybridized carbons (Fsp3) is 0.462. The Hall–Kier alpha value is -2.99. The van der Waals surface area contributed by atoms with Crippen LogP contribution in [0.2, 0.25) is 5.04 Å². The first-order valence-electron chi connectivity index (χ1n) is 16.4. The number of rotatable bonds is 14. The molecule has 0 aromatic heterocycles. The zero-order chi connectivity index (χ0) is 31.0. The summed E-state index contributed by atoms with van der Waals surface area (Å²) >= 11 is 0. The van der Waals surface area contributed by atoms with Gasteiger partial charge in [-0.25, -0.2) is 0 Å². The monoisotopic (exact) mass is 610 g/mol. The molecule has 1 saturated heterocycles. The lowest BCUT2D eigenvalue weighted by Crippen LogP contribution is -2.67. The van der Waals surface area contributed by atoms with Crippen LogP contribution in [0.3, 0.4) is 0 Å². The number of carbonyl (C=O) groups is 1. The summed E-state index contributed by atoms with van der Waals surface area (Å²) in [5, 5.41) is 2.58. The van der Waals surface area contributed by atoms with E-state index in [1.807, 2.05) is 0 Å². The Labute approximate surface area is 266 Å². The lowest BCUT2D eigenvalue weighted by Gasteiger charge is -2.45. The van der Waals surface area contributed by atoms with Crippen molar-refractivity contribution in [2.24, 2.45) is 17.3 Å². The predicted molar refractivity (Wildman–Crippen MR) is 182 cm³/mol. The molecule has 234 valence electrons. The minimum atomic E-state index is -2.65. The highest BCUT2D eigenvalue weighted by Gasteiger charge is 2.59. The summed E-state index contributed by atoms with van der Waals surface area (Å²) in [7, 11) is -1.19. The zero-order valence-electron chi connectivity index (χ0n) is 27.0. The van der Waals surface area contributed by atoms with Crippen LogP contribution in [0.25, 0.3) is 0 Å². The van der Waals surface area contributed by atoms with E-state index in [2.05, 4.69) is 124 Å². The maximum absolute atomic E-state index is 11.6. The number of hydrogen-bond acceptors (Lipinski definition) is 4. The Morgan fingerprint density at radius 3 is 2.14 bits per heavy atom. The van der Waals surface area contributed by atoms with Gasteiger partial charge in [-0.1, -0.05) is 124 Å². The number of aryl methyl sites for hydroxylation is 1. The van der Waals surface area contributed by atoms with Gasteiger partial charge in [0.05, 0.1) is 19.8 Å². The molecule has 0 N–H and O–H groups in total. The molecule has 4 atom stereocenters. The molecule has 3 aromatic rings. The molecule has 0 unspecified atom stereocenters. The van der Waals surface area contributed by atoms with E-state index >= 15 is 0 Å². The van der Waals surface area contributed by atoms with Crippen LogP contribution in [0.5, 0.6) is 0 Å². The standard InChI is InChI=1S/C39H50O4Si/c1-38(2,3)44(32-20-12-8-13-21-32,33-22-14-9-15-23-33)43-29-34-35(24-16-5-6-17-25-37(40)41-4)39(28-36(34)42-30-39)27-26-31-18-10-7-11-19-31/h5,7-16,18-23,34-36H,6,17,24-30H2,1-4H3/t34-,35-,36-,39-/m1/s1. The molecule has 5 rings (SSSR count). The number of carbonyl (C=O) groups excluding carboxylic acids is 1. The van der Waals surface area contributed by atoms with Crippen LogP contribution in [0.4, 0.5) is 0 Å². The van der Waals surface area contributed by atoms with Gasteiger partial charge in [-0.15, -0.1) is 0 Å². The molecule has 4 nitrogen and oxygen atoms in total. The van der Waals surface area contributed by atoms with Gasteiger partial charge in [-0.05, 0) is 65.4 Å². The van der Waals surface area contributed by atoms with Crippen molar-refractivity contribution in [3.63, 3.8) is 0 Å². The fourth-order valence-electron chi connectivity index (χ4n) is 7.89. The molecule has 0 radical (unpaired) electrons. The molecule has 0 spiro atoms. The van der Waals surface area contributed by atoms with Gasteiger partial charge in [0.2, 0.25) is 0 Å². The van der Waals surface area contributed by atoms with E-state index in [4.69, 9.17) is 13.9 Å². The highest BCUT2D eigenvalue weighted by molar-refractivity contribution is 6.99. The van der Waals surface area contributed by atoms with E-state index in [1.54, 1.807) is 0 Å². The van der Waals surface area contributed by atoms with Crippen LogP contribution >= 0.6 is 0 Å². The second-order valence-corrected chi connectivity index (χ2v) is 18.1. The van der Waals surface area contributed by atoms with Gasteiger partial charge >= 0.3 is 5.97 Å². The third-order valence-corrected chi connectivity index (χ3v) is 15.2. The van der Waals surface area contributed by atoms with Crippen LogP contribution < -0.4 is 10.4 Å². The lowest BCUT2D eigenvalue weighted by atomic mass is 9.70. The third kappa shape index (κ3) is 6.96. The van der Waals surface area contributed by atoms with E-state index in [9.17, 15) is 4.79 Å². The number of ether oxygens (including phenoxy) is 2. The number of esters is 1. The molecule has 2 bridgehead atoms. The minimum absolute atomic E-state index is 0.0613. The van der Waals surface area contributed by atoms with Gasteiger partial charge in [0.15, 0.2) is 0 Å². The van der Waals surface area contributed by atoms with Crippen molar-refractivity contribution in [2.75, 3.05) is 20.3 Å². The average Bonchev–Trinajstić information content (AvgIpc) is 3.60. The quantitative estimate of drug-likeness (QED) is 0.0821. The van der Waals surface area contributed by atoms with Gasteiger partial charge in [-0.3, -0.25) is 4.79 Å². The Balaban J connectivity index is 1.41. The maximum atomic E-state index is 11.6. The van der Waals surface area contributed by atoms with E-state index < -0.39 is 8.32 Å². The van der Waals surface area contributed by atoms with E-state index in [1.165, 1.54) is 23.0 Å². The first-order chi connectivity index (χ1) is 21.3. The van der Waals surface area contributed by atoms with Crippen molar-refractivity contribution >= 4 is 24.7 Å². The van der Waals surface area contributed by atoms with Gasteiger partial charge in [0.1, 0.15) is 0 Å².